The van der Waals surface area contributed by atoms with Crippen LogP contribution in [-0.4, -0.2) is 20.2 Å². The van der Waals surface area contributed by atoms with Crippen LogP contribution in [0.4, 0.5) is 5.82 Å². The fraction of sp³-hybridized carbons (Fsp3) is 0.167. The van der Waals surface area contributed by atoms with E-state index in [4.69, 9.17) is 18.0 Å². The first kappa shape index (κ1) is 12.4. The van der Waals surface area contributed by atoms with Crippen LogP contribution in [0.25, 0.3) is 0 Å². The second kappa shape index (κ2) is 5.50. The Morgan fingerprint density at radius 1 is 1.39 bits per heavy atom. The zero-order valence-electron chi connectivity index (χ0n) is 9.92. The van der Waals surface area contributed by atoms with Crippen LogP contribution < -0.4 is 11.1 Å². The Kier molecular flexibility index (Phi) is 3.78. The summed E-state index contributed by atoms with van der Waals surface area (Å²) in [4.78, 5) is 4.58. The van der Waals surface area contributed by atoms with Crippen LogP contribution >= 0.6 is 12.2 Å². The zero-order chi connectivity index (χ0) is 13.0. The molecule has 92 valence electrons. The lowest BCUT2D eigenvalue weighted by Crippen LogP contribution is -2.16. The van der Waals surface area contributed by atoms with Crippen molar-refractivity contribution in [3.8, 4) is 0 Å². The summed E-state index contributed by atoms with van der Waals surface area (Å²) in [5.41, 5.74) is 8.31. The molecule has 0 aliphatic carbocycles. The summed E-state index contributed by atoms with van der Waals surface area (Å²) in [6.45, 7) is 2.48. The molecule has 0 aliphatic rings. The number of hydrogen-bond acceptors (Lipinski definition) is 5. The second-order valence-electron chi connectivity index (χ2n) is 3.78. The quantitative estimate of drug-likeness (QED) is 0.809. The Bertz CT molecular complexity index is 556. The van der Waals surface area contributed by atoms with E-state index in [0.717, 1.165) is 16.8 Å². The standard InChI is InChI=1S/C12H13N5S/c1-8-4-6-14-12(10(8)11(13)18)15-7-9-3-2-5-16-17-9/h2-6H,7H2,1H3,(H2,13,18)(H,14,15). The number of nitrogens with zero attached hydrogens (tertiary/aromatic N) is 3. The molecule has 0 atom stereocenters. The SMILES string of the molecule is Cc1ccnc(NCc2cccnn2)c1C(N)=S. The van der Waals surface area contributed by atoms with E-state index < -0.39 is 0 Å². The molecule has 2 rings (SSSR count). The highest BCUT2D eigenvalue weighted by Gasteiger charge is 2.09. The summed E-state index contributed by atoms with van der Waals surface area (Å²) in [6, 6.07) is 5.60. The maximum atomic E-state index is 5.71. The van der Waals surface area contributed by atoms with Gasteiger partial charge in [0.1, 0.15) is 10.8 Å². The molecule has 0 amide bonds. The van der Waals surface area contributed by atoms with Crippen molar-refractivity contribution < 1.29 is 0 Å². The van der Waals surface area contributed by atoms with Gasteiger partial charge in [0.15, 0.2) is 0 Å². The summed E-state index contributed by atoms with van der Waals surface area (Å²) in [7, 11) is 0. The first-order chi connectivity index (χ1) is 8.68. The van der Waals surface area contributed by atoms with Gasteiger partial charge in [0.2, 0.25) is 0 Å². The van der Waals surface area contributed by atoms with E-state index in [0.29, 0.717) is 17.4 Å². The van der Waals surface area contributed by atoms with Gasteiger partial charge in [-0.3, -0.25) is 0 Å². The third kappa shape index (κ3) is 2.78. The van der Waals surface area contributed by atoms with Gasteiger partial charge in [-0.1, -0.05) is 12.2 Å². The molecule has 2 aromatic rings. The van der Waals surface area contributed by atoms with Gasteiger partial charge in [0.05, 0.1) is 17.8 Å². The minimum atomic E-state index is 0.335. The number of nitrogens with two attached hydrogens (primary N) is 1. The Morgan fingerprint density at radius 2 is 2.22 bits per heavy atom. The molecule has 0 spiro atoms. The Balaban J connectivity index is 2.20. The van der Waals surface area contributed by atoms with Crippen LogP contribution in [0.3, 0.4) is 0 Å². The van der Waals surface area contributed by atoms with E-state index in [-0.39, 0.29) is 0 Å². The van der Waals surface area contributed by atoms with Crippen molar-refractivity contribution >= 4 is 23.0 Å². The lowest BCUT2D eigenvalue weighted by atomic mass is 10.1. The van der Waals surface area contributed by atoms with E-state index in [1.807, 2.05) is 25.1 Å². The Hall–Kier alpha value is -2.08. The monoisotopic (exact) mass is 259 g/mol. The summed E-state index contributed by atoms with van der Waals surface area (Å²) in [5, 5.41) is 11.0. The molecule has 3 N–H and O–H groups in total. The van der Waals surface area contributed by atoms with E-state index in [2.05, 4.69) is 20.5 Å². The fourth-order valence-electron chi connectivity index (χ4n) is 1.61. The minimum Gasteiger partial charge on any atom is -0.389 e. The average molecular weight is 259 g/mol. The third-order valence-corrected chi connectivity index (χ3v) is 2.67. The van der Waals surface area contributed by atoms with Gasteiger partial charge in [0, 0.05) is 12.4 Å². The number of aromatic nitrogens is 3. The molecule has 0 radical (unpaired) electrons. The predicted octanol–water partition coefficient (Wildman–Crippen LogP) is 1.43. The summed E-state index contributed by atoms with van der Waals surface area (Å²) >= 11 is 5.04. The van der Waals surface area contributed by atoms with Crippen molar-refractivity contribution in [2.24, 2.45) is 5.73 Å². The van der Waals surface area contributed by atoms with E-state index in [1.165, 1.54) is 0 Å². The molecule has 2 aromatic heterocycles. The molecule has 0 unspecified atom stereocenters. The van der Waals surface area contributed by atoms with Crippen LogP contribution in [0.1, 0.15) is 16.8 Å². The van der Waals surface area contributed by atoms with Gasteiger partial charge >= 0.3 is 0 Å². The van der Waals surface area contributed by atoms with Crippen molar-refractivity contribution in [1.82, 2.24) is 15.2 Å². The molecular weight excluding hydrogens is 246 g/mol. The molecule has 5 nitrogen and oxygen atoms in total. The van der Waals surface area contributed by atoms with E-state index in [1.54, 1.807) is 12.4 Å². The van der Waals surface area contributed by atoms with Crippen molar-refractivity contribution in [2.45, 2.75) is 13.5 Å². The zero-order valence-corrected chi connectivity index (χ0v) is 10.7. The molecule has 0 saturated carbocycles. The number of anilines is 1. The Labute approximate surface area is 110 Å². The predicted molar refractivity (Wildman–Crippen MR) is 74.2 cm³/mol. The number of hydrogen-bond donors (Lipinski definition) is 2. The average Bonchev–Trinajstić information content (AvgIpc) is 2.37. The Morgan fingerprint density at radius 3 is 2.89 bits per heavy atom. The highest BCUT2D eigenvalue weighted by atomic mass is 32.1. The van der Waals surface area contributed by atoms with Gasteiger partial charge in [0.25, 0.3) is 0 Å². The first-order valence-electron chi connectivity index (χ1n) is 5.44. The number of rotatable bonds is 4. The van der Waals surface area contributed by atoms with E-state index in [9.17, 15) is 0 Å². The van der Waals surface area contributed by atoms with Crippen LogP contribution in [0.5, 0.6) is 0 Å². The first-order valence-corrected chi connectivity index (χ1v) is 5.85. The molecular formula is C12H13N5S. The molecule has 2 heterocycles. The fourth-order valence-corrected chi connectivity index (χ4v) is 1.86. The van der Waals surface area contributed by atoms with Gasteiger partial charge < -0.3 is 11.1 Å². The molecule has 18 heavy (non-hydrogen) atoms. The van der Waals surface area contributed by atoms with Crippen LogP contribution in [0.15, 0.2) is 30.6 Å². The van der Waals surface area contributed by atoms with Crippen molar-refractivity contribution in [3.63, 3.8) is 0 Å². The highest BCUT2D eigenvalue weighted by molar-refractivity contribution is 7.80. The van der Waals surface area contributed by atoms with Crippen molar-refractivity contribution in [2.75, 3.05) is 5.32 Å². The number of nitrogens with one attached hydrogen (secondary N) is 1. The topological polar surface area (TPSA) is 76.7 Å². The highest BCUT2D eigenvalue weighted by Crippen LogP contribution is 2.16. The lowest BCUT2D eigenvalue weighted by Gasteiger charge is -2.11. The maximum Gasteiger partial charge on any atom is 0.136 e. The second-order valence-corrected chi connectivity index (χ2v) is 4.22. The molecule has 0 fully saturated rings. The van der Waals surface area contributed by atoms with Crippen molar-refractivity contribution in [1.29, 1.82) is 0 Å². The molecule has 6 heteroatoms. The van der Waals surface area contributed by atoms with Gasteiger partial charge in [-0.2, -0.15) is 10.2 Å². The maximum absolute atomic E-state index is 5.71. The largest absolute Gasteiger partial charge is 0.389 e. The van der Waals surface area contributed by atoms with Crippen molar-refractivity contribution in [3.05, 3.63) is 47.4 Å². The molecule has 0 bridgehead atoms. The smallest absolute Gasteiger partial charge is 0.136 e. The van der Waals surface area contributed by atoms with Gasteiger partial charge in [-0.25, -0.2) is 4.98 Å². The number of thiocarbonyl (C=S) groups is 1. The van der Waals surface area contributed by atoms with Gasteiger partial charge in [-0.05, 0) is 30.7 Å². The molecule has 0 aromatic carbocycles. The van der Waals surface area contributed by atoms with Gasteiger partial charge in [-0.15, -0.1) is 0 Å². The van der Waals surface area contributed by atoms with E-state index >= 15 is 0 Å². The summed E-state index contributed by atoms with van der Waals surface area (Å²) in [6.07, 6.45) is 3.35. The summed E-state index contributed by atoms with van der Waals surface area (Å²) < 4.78 is 0. The third-order valence-electron chi connectivity index (χ3n) is 2.47. The normalized spacial score (nSPS) is 10.1. The van der Waals surface area contributed by atoms with Crippen LogP contribution in [0, 0.1) is 6.92 Å². The lowest BCUT2D eigenvalue weighted by molar-refractivity contribution is 0.920. The molecule has 0 saturated heterocycles. The van der Waals surface area contributed by atoms with Crippen LogP contribution in [0.2, 0.25) is 0 Å². The number of aryl methyl sites for hydroxylation is 1. The van der Waals surface area contributed by atoms with Crippen LogP contribution in [-0.2, 0) is 6.54 Å². The summed E-state index contributed by atoms with van der Waals surface area (Å²) in [5.74, 6) is 0.674. The minimum absolute atomic E-state index is 0.335. The number of pyridine rings is 1. The molecule has 0 aliphatic heterocycles.